The lowest BCUT2D eigenvalue weighted by molar-refractivity contribution is -0.122. The molecule has 2 amide bonds. The summed E-state index contributed by atoms with van der Waals surface area (Å²) in [4.78, 5) is 26.0. The van der Waals surface area contributed by atoms with Crippen LogP contribution in [0.4, 0.5) is 13.6 Å². The van der Waals surface area contributed by atoms with Gasteiger partial charge in [0.05, 0.1) is 11.4 Å². The van der Waals surface area contributed by atoms with E-state index in [1.54, 1.807) is 37.6 Å². The number of hydrogen-bond acceptors (Lipinski definition) is 4. The fourth-order valence-electron chi connectivity index (χ4n) is 3.02. The lowest BCUT2D eigenvalue weighted by atomic mass is 9.91. The zero-order valence-corrected chi connectivity index (χ0v) is 17.3. The molecular formula is C20H20F2NO3PS. The number of benzene rings is 1. The van der Waals surface area contributed by atoms with Crippen molar-refractivity contribution in [1.29, 1.82) is 0 Å². The van der Waals surface area contributed by atoms with Gasteiger partial charge in [-0.15, -0.1) is 0 Å². The van der Waals surface area contributed by atoms with E-state index < -0.39 is 24.2 Å². The normalized spacial score (nSPS) is 19.6. The Kier molecular flexibility index (Phi) is 5.84. The molecule has 2 fully saturated rings. The molecule has 1 heterocycles. The number of rotatable bonds is 2. The molecule has 0 radical (unpaired) electrons. The zero-order valence-electron chi connectivity index (χ0n) is 15.6. The minimum absolute atomic E-state index is 0.0561. The molecule has 0 bridgehead atoms. The summed E-state index contributed by atoms with van der Waals surface area (Å²) in [7, 11) is -2.33. The molecule has 0 aromatic heterocycles. The number of carbonyl (C=O) groups is 2. The summed E-state index contributed by atoms with van der Waals surface area (Å²) in [6, 6.07) is 7.02. The maximum atomic E-state index is 13.3. The lowest BCUT2D eigenvalue weighted by Gasteiger charge is -2.24. The van der Waals surface area contributed by atoms with E-state index in [1.165, 1.54) is 0 Å². The molecule has 0 N–H and O–H groups in total. The predicted molar refractivity (Wildman–Crippen MR) is 108 cm³/mol. The van der Waals surface area contributed by atoms with Gasteiger partial charge in [0.2, 0.25) is 5.92 Å². The summed E-state index contributed by atoms with van der Waals surface area (Å²) in [5.41, 5.74) is 1.33. The van der Waals surface area contributed by atoms with Crippen LogP contribution in [-0.2, 0) is 9.36 Å². The van der Waals surface area contributed by atoms with Crippen LogP contribution in [-0.4, -0.2) is 41.8 Å². The third-order valence-corrected chi connectivity index (χ3v) is 7.32. The second-order valence-corrected chi connectivity index (χ2v) is 11.4. The van der Waals surface area contributed by atoms with Crippen LogP contribution in [0.3, 0.4) is 0 Å². The van der Waals surface area contributed by atoms with E-state index in [1.807, 2.05) is 0 Å². The molecule has 1 aromatic carbocycles. The molecule has 8 heteroatoms. The van der Waals surface area contributed by atoms with Gasteiger partial charge in [0, 0.05) is 23.7 Å². The van der Waals surface area contributed by atoms with Gasteiger partial charge < -0.3 is 4.57 Å². The van der Waals surface area contributed by atoms with Gasteiger partial charge in [-0.3, -0.25) is 14.5 Å². The van der Waals surface area contributed by atoms with Gasteiger partial charge in [-0.1, -0.05) is 29.5 Å². The molecule has 0 unspecified atom stereocenters. The Morgan fingerprint density at radius 3 is 2.32 bits per heavy atom. The Bertz CT molecular complexity index is 942. The molecule has 1 aliphatic heterocycles. The summed E-state index contributed by atoms with van der Waals surface area (Å²) < 4.78 is 38.6. The van der Waals surface area contributed by atoms with E-state index in [2.05, 4.69) is 11.8 Å². The quantitative estimate of drug-likeness (QED) is 0.401. The number of thioether (sulfide) groups is 1. The molecule has 1 aliphatic carbocycles. The average molecular weight is 423 g/mol. The maximum Gasteiger partial charge on any atom is 0.294 e. The number of alkyl halides is 2. The van der Waals surface area contributed by atoms with E-state index in [-0.39, 0.29) is 37.1 Å². The van der Waals surface area contributed by atoms with Crippen molar-refractivity contribution in [2.24, 2.45) is 0 Å². The van der Waals surface area contributed by atoms with Crippen molar-refractivity contribution in [3.8, 4) is 11.8 Å². The number of allylic oxidation sites excluding steroid dienone is 1. The van der Waals surface area contributed by atoms with E-state index in [0.29, 0.717) is 11.1 Å². The number of imide groups is 1. The van der Waals surface area contributed by atoms with Gasteiger partial charge in [-0.05, 0) is 50.1 Å². The SMILES string of the molecule is CP(C)(=O)c1ccc(C#CCN2C(=O)SC(=C3CCC(F)(F)CC3)C2=O)cc1. The van der Waals surface area contributed by atoms with Crippen molar-refractivity contribution in [1.82, 2.24) is 4.90 Å². The number of carbonyl (C=O) groups excluding carboxylic acids is 2. The summed E-state index contributed by atoms with van der Waals surface area (Å²) in [5, 5.41) is 0.334. The van der Waals surface area contributed by atoms with E-state index >= 15 is 0 Å². The van der Waals surface area contributed by atoms with Gasteiger partial charge in [0.15, 0.2) is 0 Å². The molecule has 3 rings (SSSR count). The van der Waals surface area contributed by atoms with E-state index in [9.17, 15) is 22.9 Å². The zero-order chi connectivity index (χ0) is 20.5. The van der Waals surface area contributed by atoms with Crippen LogP contribution in [0.15, 0.2) is 34.7 Å². The Balaban J connectivity index is 1.68. The van der Waals surface area contributed by atoms with Crippen LogP contribution in [0, 0.1) is 11.8 Å². The first-order valence-corrected chi connectivity index (χ1v) is 12.3. The monoisotopic (exact) mass is 423 g/mol. The van der Waals surface area contributed by atoms with Crippen molar-refractivity contribution >= 4 is 35.4 Å². The fraction of sp³-hybridized carbons (Fsp3) is 0.400. The molecule has 1 aromatic rings. The molecule has 4 nitrogen and oxygen atoms in total. The highest BCUT2D eigenvalue weighted by molar-refractivity contribution is 8.18. The maximum absolute atomic E-state index is 13.3. The molecular weight excluding hydrogens is 403 g/mol. The topological polar surface area (TPSA) is 54.5 Å². The number of nitrogens with zero attached hydrogens (tertiary/aromatic N) is 1. The second kappa shape index (κ2) is 7.85. The largest absolute Gasteiger partial charge is 0.319 e. The minimum atomic E-state index is -2.69. The predicted octanol–water partition coefficient (Wildman–Crippen LogP) is 4.44. The van der Waals surface area contributed by atoms with Crippen LogP contribution < -0.4 is 5.30 Å². The van der Waals surface area contributed by atoms with E-state index in [0.717, 1.165) is 22.0 Å². The Labute approximate surface area is 167 Å². The highest BCUT2D eigenvalue weighted by Crippen LogP contribution is 2.42. The van der Waals surface area contributed by atoms with Crippen molar-refractivity contribution in [3.63, 3.8) is 0 Å². The van der Waals surface area contributed by atoms with Crippen LogP contribution in [0.2, 0.25) is 0 Å². The Morgan fingerprint density at radius 2 is 1.75 bits per heavy atom. The summed E-state index contributed by atoms with van der Waals surface area (Å²) >= 11 is 0.813. The van der Waals surface area contributed by atoms with Crippen LogP contribution >= 0.6 is 18.9 Å². The smallest absolute Gasteiger partial charge is 0.294 e. The first-order valence-electron chi connectivity index (χ1n) is 8.85. The van der Waals surface area contributed by atoms with Gasteiger partial charge in [0.1, 0.15) is 7.14 Å². The van der Waals surface area contributed by atoms with Crippen molar-refractivity contribution < 1.29 is 22.9 Å². The molecule has 0 spiro atoms. The minimum Gasteiger partial charge on any atom is -0.319 e. The summed E-state index contributed by atoms with van der Waals surface area (Å²) in [6.07, 6.45) is -0.296. The van der Waals surface area contributed by atoms with Crippen LogP contribution in [0.25, 0.3) is 0 Å². The number of amides is 2. The molecule has 28 heavy (non-hydrogen) atoms. The Hall–Kier alpha value is -1.90. The molecule has 0 atom stereocenters. The Morgan fingerprint density at radius 1 is 1.14 bits per heavy atom. The van der Waals surface area contributed by atoms with Gasteiger partial charge in [-0.2, -0.15) is 0 Å². The number of halogens is 2. The highest BCUT2D eigenvalue weighted by atomic mass is 32.2. The highest BCUT2D eigenvalue weighted by Gasteiger charge is 2.40. The lowest BCUT2D eigenvalue weighted by Crippen LogP contribution is -2.29. The first kappa shape index (κ1) is 20.8. The van der Waals surface area contributed by atoms with Gasteiger partial charge >= 0.3 is 0 Å². The second-order valence-electron chi connectivity index (χ2n) is 7.25. The molecule has 2 aliphatic rings. The van der Waals surface area contributed by atoms with Gasteiger partial charge in [-0.25, -0.2) is 8.78 Å². The standard InChI is InChI=1S/C20H20F2NO3PS/c1-27(2,26)16-7-5-14(6-8-16)4-3-13-23-18(24)17(28-19(23)25)15-9-11-20(21,22)12-10-15/h5-8H,9-13H2,1-2H3. The van der Waals surface area contributed by atoms with E-state index in [4.69, 9.17) is 0 Å². The van der Waals surface area contributed by atoms with Crippen LogP contribution in [0.1, 0.15) is 31.2 Å². The van der Waals surface area contributed by atoms with Crippen LogP contribution in [0.5, 0.6) is 0 Å². The molecule has 1 saturated carbocycles. The van der Waals surface area contributed by atoms with Crippen molar-refractivity contribution in [2.45, 2.75) is 31.6 Å². The van der Waals surface area contributed by atoms with Crippen molar-refractivity contribution in [2.75, 3.05) is 19.9 Å². The van der Waals surface area contributed by atoms with Crippen molar-refractivity contribution in [3.05, 3.63) is 40.3 Å². The third-order valence-electron chi connectivity index (χ3n) is 4.71. The number of hydrogen-bond donors (Lipinski definition) is 0. The third kappa shape index (κ3) is 4.74. The van der Waals surface area contributed by atoms with Gasteiger partial charge in [0.25, 0.3) is 11.1 Å². The molecule has 1 saturated heterocycles. The summed E-state index contributed by atoms with van der Waals surface area (Å²) in [6.45, 7) is 3.32. The molecule has 148 valence electrons. The average Bonchev–Trinajstić information content (AvgIpc) is 2.89. The first-order chi connectivity index (χ1) is 13.1. The fourth-order valence-corrected chi connectivity index (χ4v) is 4.87. The summed E-state index contributed by atoms with van der Waals surface area (Å²) in [5.74, 6) is 2.56.